The standard InChI is InChI=1S/C39H34O10/c1-6-47-39(42)30(38-35(23-9-13-25(44-3)14-10-23)37(41)29-18-16-27(46-5)20-32(29)49-38)21-33-34(22-7-11-24(43-2)12-8-22)36(40)28-17-15-26(45-4)19-31(28)48-33/h7-20,30H,6,21H2,1-5H3. The number of methoxy groups -OCH3 is 4. The lowest BCUT2D eigenvalue weighted by molar-refractivity contribution is -0.145. The van der Waals surface area contributed by atoms with Crippen LogP contribution in [0, 0.1) is 0 Å². The van der Waals surface area contributed by atoms with Crippen LogP contribution in [0.5, 0.6) is 23.0 Å². The van der Waals surface area contributed by atoms with Crippen LogP contribution in [0.25, 0.3) is 44.2 Å². The van der Waals surface area contributed by atoms with E-state index >= 15 is 0 Å². The number of hydrogen-bond acceptors (Lipinski definition) is 10. The number of esters is 1. The van der Waals surface area contributed by atoms with Gasteiger partial charge in [0.25, 0.3) is 0 Å². The summed E-state index contributed by atoms with van der Waals surface area (Å²) in [4.78, 5) is 42.5. The van der Waals surface area contributed by atoms with E-state index in [-0.39, 0.29) is 57.7 Å². The van der Waals surface area contributed by atoms with Crippen LogP contribution in [-0.2, 0) is 16.0 Å². The second-order valence-corrected chi connectivity index (χ2v) is 11.1. The van der Waals surface area contributed by atoms with Crippen LogP contribution in [0.3, 0.4) is 0 Å². The number of hydrogen-bond donors (Lipinski definition) is 0. The number of rotatable bonds is 11. The van der Waals surface area contributed by atoms with Crippen molar-refractivity contribution in [3.8, 4) is 45.3 Å². The smallest absolute Gasteiger partial charge is 0.317 e. The van der Waals surface area contributed by atoms with Crippen molar-refractivity contribution >= 4 is 27.9 Å². The van der Waals surface area contributed by atoms with Crippen LogP contribution >= 0.6 is 0 Å². The molecule has 0 saturated carbocycles. The molecule has 10 heteroatoms. The van der Waals surface area contributed by atoms with Gasteiger partial charge in [-0.25, -0.2) is 0 Å². The Bertz CT molecular complexity index is 2260. The lowest BCUT2D eigenvalue weighted by Crippen LogP contribution is -2.23. The van der Waals surface area contributed by atoms with E-state index in [9.17, 15) is 14.4 Å². The number of carbonyl (C=O) groups excluding carboxylic acids is 1. The van der Waals surface area contributed by atoms with Gasteiger partial charge in [0.05, 0.1) is 56.9 Å². The molecule has 2 aromatic heterocycles. The van der Waals surface area contributed by atoms with Crippen LogP contribution in [-0.4, -0.2) is 41.0 Å². The predicted molar refractivity (Wildman–Crippen MR) is 185 cm³/mol. The molecule has 49 heavy (non-hydrogen) atoms. The minimum atomic E-state index is -1.22. The second kappa shape index (κ2) is 14.0. The minimum absolute atomic E-state index is 0.0449. The average Bonchev–Trinajstić information content (AvgIpc) is 3.13. The Balaban J connectivity index is 1.64. The maximum absolute atomic E-state index is 14.3. The molecule has 0 bridgehead atoms. The molecule has 0 spiro atoms. The SMILES string of the molecule is CCOC(=O)C(Cc1oc2cc(OC)ccc2c(=O)c1-c1ccc(OC)cc1)c1oc2cc(OC)ccc2c(=O)c1-c1ccc(OC)cc1. The van der Waals surface area contributed by atoms with Crippen LogP contribution in [0.1, 0.15) is 24.4 Å². The Hall–Kier alpha value is -6.03. The Kier molecular flexibility index (Phi) is 9.39. The van der Waals surface area contributed by atoms with E-state index in [0.717, 1.165) is 0 Å². The molecule has 0 N–H and O–H groups in total. The normalized spacial score (nSPS) is 11.7. The predicted octanol–water partition coefficient (Wildman–Crippen LogP) is 7.16. The Morgan fingerprint density at radius 2 is 1.06 bits per heavy atom. The van der Waals surface area contributed by atoms with Gasteiger partial charge in [-0.3, -0.25) is 14.4 Å². The first-order valence-electron chi connectivity index (χ1n) is 15.5. The van der Waals surface area contributed by atoms with Crippen molar-refractivity contribution in [2.75, 3.05) is 35.0 Å². The lowest BCUT2D eigenvalue weighted by Gasteiger charge is -2.20. The number of ether oxygens (including phenoxy) is 5. The van der Waals surface area contributed by atoms with Crippen molar-refractivity contribution in [1.82, 2.24) is 0 Å². The van der Waals surface area contributed by atoms with E-state index in [4.69, 9.17) is 32.5 Å². The maximum atomic E-state index is 14.3. The highest BCUT2D eigenvalue weighted by atomic mass is 16.5. The molecular formula is C39H34O10. The van der Waals surface area contributed by atoms with E-state index in [1.54, 1.807) is 106 Å². The summed E-state index contributed by atoms with van der Waals surface area (Å²) in [6, 6.07) is 23.6. The van der Waals surface area contributed by atoms with Crippen LogP contribution in [0.15, 0.2) is 103 Å². The van der Waals surface area contributed by atoms with Gasteiger partial charge in [-0.1, -0.05) is 24.3 Å². The van der Waals surface area contributed by atoms with Gasteiger partial charge >= 0.3 is 5.97 Å². The first-order valence-corrected chi connectivity index (χ1v) is 15.5. The molecule has 6 rings (SSSR count). The maximum Gasteiger partial charge on any atom is 0.317 e. The molecule has 0 aliphatic rings. The first-order chi connectivity index (χ1) is 23.8. The Morgan fingerprint density at radius 1 is 0.612 bits per heavy atom. The second-order valence-electron chi connectivity index (χ2n) is 11.1. The Morgan fingerprint density at radius 3 is 1.55 bits per heavy atom. The van der Waals surface area contributed by atoms with Crippen LogP contribution < -0.4 is 29.8 Å². The first kappa shape index (κ1) is 32.9. The van der Waals surface area contributed by atoms with Crippen molar-refractivity contribution in [3.63, 3.8) is 0 Å². The molecule has 0 fully saturated rings. The van der Waals surface area contributed by atoms with Gasteiger partial charge in [0.1, 0.15) is 51.6 Å². The molecule has 1 atom stereocenters. The zero-order chi connectivity index (χ0) is 34.7. The fraction of sp³-hybridized carbons (Fsp3) is 0.205. The number of benzene rings is 4. The van der Waals surface area contributed by atoms with Gasteiger partial charge in [-0.05, 0) is 66.6 Å². The summed E-state index contributed by atoms with van der Waals surface area (Å²) in [6.07, 6.45) is -0.190. The summed E-state index contributed by atoms with van der Waals surface area (Å²) < 4.78 is 40.0. The molecule has 10 nitrogen and oxygen atoms in total. The highest BCUT2D eigenvalue weighted by molar-refractivity contribution is 5.89. The largest absolute Gasteiger partial charge is 0.497 e. The van der Waals surface area contributed by atoms with Crippen molar-refractivity contribution in [2.45, 2.75) is 19.3 Å². The summed E-state index contributed by atoms with van der Waals surface area (Å²) in [5, 5.41) is 0.618. The summed E-state index contributed by atoms with van der Waals surface area (Å²) in [5.41, 5.74) is 1.25. The molecule has 4 aromatic carbocycles. The quantitative estimate of drug-likeness (QED) is 0.132. The van der Waals surface area contributed by atoms with Gasteiger partial charge in [0.2, 0.25) is 10.9 Å². The van der Waals surface area contributed by atoms with Gasteiger partial charge in [0.15, 0.2) is 0 Å². The third-order valence-electron chi connectivity index (χ3n) is 8.33. The van der Waals surface area contributed by atoms with Crippen LogP contribution in [0.2, 0.25) is 0 Å². The lowest BCUT2D eigenvalue weighted by atomic mass is 9.90. The minimum Gasteiger partial charge on any atom is -0.497 e. The fourth-order valence-corrected chi connectivity index (χ4v) is 5.85. The Labute approximate surface area is 281 Å². The summed E-state index contributed by atoms with van der Waals surface area (Å²) in [6.45, 7) is 1.75. The molecule has 1 unspecified atom stereocenters. The van der Waals surface area contributed by atoms with Gasteiger partial charge in [-0.15, -0.1) is 0 Å². The van der Waals surface area contributed by atoms with Crippen molar-refractivity contribution in [1.29, 1.82) is 0 Å². The van der Waals surface area contributed by atoms with Crippen molar-refractivity contribution < 1.29 is 37.3 Å². The monoisotopic (exact) mass is 662 g/mol. The third kappa shape index (κ3) is 6.32. The zero-order valence-electron chi connectivity index (χ0n) is 27.7. The van der Waals surface area contributed by atoms with Gasteiger partial charge in [-0.2, -0.15) is 0 Å². The molecule has 0 aliphatic carbocycles. The fourth-order valence-electron chi connectivity index (χ4n) is 5.85. The average molecular weight is 663 g/mol. The van der Waals surface area contributed by atoms with Crippen molar-refractivity contribution in [2.24, 2.45) is 0 Å². The summed E-state index contributed by atoms with van der Waals surface area (Å²) in [5.74, 6) is 0.466. The molecule has 6 aromatic rings. The highest BCUT2D eigenvalue weighted by Crippen LogP contribution is 2.37. The van der Waals surface area contributed by atoms with E-state index in [1.165, 1.54) is 14.2 Å². The number of carbonyl (C=O) groups is 1. The summed E-state index contributed by atoms with van der Waals surface area (Å²) in [7, 11) is 6.11. The van der Waals surface area contributed by atoms with Gasteiger partial charge in [0, 0.05) is 18.6 Å². The van der Waals surface area contributed by atoms with E-state index < -0.39 is 11.9 Å². The summed E-state index contributed by atoms with van der Waals surface area (Å²) >= 11 is 0. The molecule has 0 aliphatic heterocycles. The molecule has 0 saturated heterocycles. The van der Waals surface area contributed by atoms with Gasteiger partial charge < -0.3 is 32.5 Å². The molecule has 0 radical (unpaired) electrons. The molecule has 0 amide bonds. The third-order valence-corrected chi connectivity index (χ3v) is 8.33. The van der Waals surface area contributed by atoms with E-state index in [2.05, 4.69) is 0 Å². The van der Waals surface area contributed by atoms with Crippen LogP contribution in [0.4, 0.5) is 0 Å². The highest BCUT2D eigenvalue weighted by Gasteiger charge is 2.33. The molecule has 2 heterocycles. The van der Waals surface area contributed by atoms with E-state index in [0.29, 0.717) is 44.9 Å². The van der Waals surface area contributed by atoms with Crippen molar-refractivity contribution in [3.05, 3.63) is 117 Å². The molecule has 250 valence electrons. The molecular weight excluding hydrogens is 628 g/mol. The zero-order valence-corrected chi connectivity index (χ0v) is 27.7. The van der Waals surface area contributed by atoms with E-state index in [1.807, 2.05) is 0 Å². The number of fused-ring (bicyclic) bond motifs is 2. The topological polar surface area (TPSA) is 124 Å².